The Morgan fingerprint density at radius 2 is 2.11 bits per heavy atom. The van der Waals surface area contributed by atoms with E-state index in [4.69, 9.17) is 10.5 Å². The highest BCUT2D eigenvalue weighted by atomic mass is 19.1. The first-order valence-corrected chi connectivity index (χ1v) is 6.91. The lowest BCUT2D eigenvalue weighted by molar-refractivity contribution is 0.179. The van der Waals surface area contributed by atoms with Gasteiger partial charge in [0.15, 0.2) is 0 Å². The third-order valence-corrected chi connectivity index (χ3v) is 3.62. The average Bonchev–Trinajstić information content (AvgIpc) is 2.30. The maximum atomic E-state index is 13.3. The number of unbranched alkanes of at least 4 members (excludes halogenated alkanes) is 1. The lowest BCUT2D eigenvalue weighted by atomic mass is 9.86. The lowest BCUT2D eigenvalue weighted by Gasteiger charge is -2.25. The fraction of sp³-hybridized carbons (Fsp3) is 0.600. The van der Waals surface area contributed by atoms with Crippen LogP contribution in [0.3, 0.4) is 0 Å². The number of aryl methyl sites for hydroxylation is 1. The van der Waals surface area contributed by atoms with Crippen LogP contribution in [0.15, 0.2) is 18.2 Å². The summed E-state index contributed by atoms with van der Waals surface area (Å²) in [5.41, 5.74) is 6.45. The Hall–Kier alpha value is -1.09. The van der Waals surface area contributed by atoms with Crippen LogP contribution < -0.4 is 10.5 Å². The molecule has 1 aromatic rings. The molecule has 0 radical (unpaired) electrons. The van der Waals surface area contributed by atoms with Crippen molar-refractivity contribution in [1.82, 2.24) is 0 Å². The molecule has 2 N–H and O–H groups in total. The maximum Gasteiger partial charge on any atom is 0.123 e. The molecule has 2 rings (SSSR count). The Morgan fingerprint density at radius 1 is 1.28 bits per heavy atom. The van der Waals surface area contributed by atoms with Crippen molar-refractivity contribution in [3.8, 4) is 5.75 Å². The van der Waals surface area contributed by atoms with Crippen LogP contribution in [0.1, 0.15) is 37.7 Å². The summed E-state index contributed by atoms with van der Waals surface area (Å²) in [7, 11) is 0. The topological polar surface area (TPSA) is 35.2 Å². The summed E-state index contributed by atoms with van der Waals surface area (Å²) in [6, 6.07) is 4.82. The highest BCUT2D eigenvalue weighted by molar-refractivity contribution is 5.34. The van der Waals surface area contributed by atoms with E-state index in [-0.39, 0.29) is 5.82 Å². The van der Waals surface area contributed by atoms with E-state index < -0.39 is 0 Å². The van der Waals surface area contributed by atoms with Crippen LogP contribution in [0.2, 0.25) is 0 Å². The molecule has 0 aromatic heterocycles. The van der Waals surface area contributed by atoms with E-state index in [1.165, 1.54) is 25.3 Å². The van der Waals surface area contributed by atoms with Crippen molar-refractivity contribution >= 4 is 0 Å². The largest absolute Gasteiger partial charge is 0.493 e. The van der Waals surface area contributed by atoms with Crippen LogP contribution in [-0.4, -0.2) is 13.2 Å². The van der Waals surface area contributed by atoms with E-state index >= 15 is 0 Å². The summed E-state index contributed by atoms with van der Waals surface area (Å²) in [6.45, 7) is 1.46. The van der Waals surface area contributed by atoms with E-state index in [2.05, 4.69) is 0 Å². The first-order chi connectivity index (χ1) is 8.79. The predicted molar refractivity (Wildman–Crippen MR) is 71.2 cm³/mol. The number of benzene rings is 1. The second kappa shape index (κ2) is 6.74. The Kier molecular flexibility index (Phi) is 5.00. The maximum absolute atomic E-state index is 13.3. The van der Waals surface area contributed by atoms with Gasteiger partial charge in [-0.3, -0.25) is 0 Å². The van der Waals surface area contributed by atoms with Gasteiger partial charge in [0.05, 0.1) is 6.61 Å². The van der Waals surface area contributed by atoms with Gasteiger partial charge in [0.2, 0.25) is 0 Å². The Bertz CT molecular complexity index is 377. The van der Waals surface area contributed by atoms with Crippen molar-refractivity contribution in [3.05, 3.63) is 29.6 Å². The minimum Gasteiger partial charge on any atom is -0.493 e. The van der Waals surface area contributed by atoms with Gasteiger partial charge in [-0.1, -0.05) is 6.42 Å². The minimum atomic E-state index is -0.186. The molecule has 0 atom stereocenters. The molecule has 0 heterocycles. The van der Waals surface area contributed by atoms with Gasteiger partial charge >= 0.3 is 0 Å². The molecule has 1 aliphatic carbocycles. The highest BCUT2D eigenvalue weighted by Crippen LogP contribution is 2.28. The smallest absolute Gasteiger partial charge is 0.123 e. The summed E-state index contributed by atoms with van der Waals surface area (Å²) in [5, 5.41) is 0. The van der Waals surface area contributed by atoms with Crippen molar-refractivity contribution in [2.24, 2.45) is 11.7 Å². The normalized spacial score (nSPS) is 15.4. The van der Waals surface area contributed by atoms with Crippen molar-refractivity contribution in [2.45, 2.75) is 38.5 Å². The van der Waals surface area contributed by atoms with Crippen LogP contribution in [0.25, 0.3) is 0 Å². The van der Waals surface area contributed by atoms with E-state index in [1.54, 1.807) is 12.1 Å². The number of ether oxygens (including phenoxy) is 1. The number of nitrogens with two attached hydrogens (primary N) is 1. The minimum absolute atomic E-state index is 0.186. The predicted octanol–water partition coefficient (Wildman–Crippen LogP) is 3.29. The summed E-state index contributed by atoms with van der Waals surface area (Å²) in [6.07, 6.45) is 6.65. The summed E-state index contributed by atoms with van der Waals surface area (Å²) < 4.78 is 19.1. The molecule has 1 saturated carbocycles. The Morgan fingerprint density at radius 3 is 2.78 bits per heavy atom. The van der Waals surface area contributed by atoms with Gasteiger partial charge in [0, 0.05) is 0 Å². The zero-order valence-electron chi connectivity index (χ0n) is 10.8. The molecular formula is C15H22FNO. The van der Waals surface area contributed by atoms with Gasteiger partial charge in [-0.2, -0.15) is 0 Å². The quantitative estimate of drug-likeness (QED) is 0.755. The van der Waals surface area contributed by atoms with E-state index in [0.29, 0.717) is 12.5 Å². The molecule has 0 saturated heterocycles. The molecule has 0 bridgehead atoms. The van der Waals surface area contributed by atoms with E-state index in [0.717, 1.165) is 37.2 Å². The van der Waals surface area contributed by atoms with Crippen LogP contribution in [-0.2, 0) is 6.42 Å². The van der Waals surface area contributed by atoms with Crippen LogP contribution in [0.5, 0.6) is 5.75 Å². The van der Waals surface area contributed by atoms with Crippen molar-refractivity contribution in [1.29, 1.82) is 0 Å². The third kappa shape index (κ3) is 3.70. The molecule has 3 heteroatoms. The zero-order chi connectivity index (χ0) is 12.8. The SMILES string of the molecule is NCCCCc1cc(F)ccc1OCC1CCC1. The second-order valence-electron chi connectivity index (χ2n) is 5.11. The fourth-order valence-electron chi connectivity index (χ4n) is 2.21. The first kappa shape index (κ1) is 13.3. The average molecular weight is 251 g/mol. The molecule has 0 amide bonds. The Balaban J connectivity index is 1.92. The van der Waals surface area contributed by atoms with Crippen molar-refractivity contribution in [2.75, 3.05) is 13.2 Å². The van der Waals surface area contributed by atoms with Crippen LogP contribution >= 0.6 is 0 Å². The van der Waals surface area contributed by atoms with Crippen molar-refractivity contribution < 1.29 is 9.13 Å². The van der Waals surface area contributed by atoms with Gasteiger partial charge in [-0.15, -0.1) is 0 Å². The molecule has 1 fully saturated rings. The summed E-state index contributed by atoms with van der Waals surface area (Å²) >= 11 is 0. The third-order valence-electron chi connectivity index (χ3n) is 3.62. The van der Waals surface area contributed by atoms with E-state index in [9.17, 15) is 4.39 Å². The molecule has 0 unspecified atom stereocenters. The van der Waals surface area contributed by atoms with Gasteiger partial charge in [0.1, 0.15) is 11.6 Å². The molecule has 0 spiro atoms. The number of hydrogen-bond donors (Lipinski definition) is 1. The molecule has 1 aliphatic rings. The summed E-state index contributed by atoms with van der Waals surface area (Å²) in [5.74, 6) is 1.36. The standard InChI is InChI=1S/C15H22FNO/c16-14-7-8-15(18-11-12-4-3-5-12)13(10-14)6-1-2-9-17/h7-8,10,12H,1-6,9,11,17H2. The lowest BCUT2D eigenvalue weighted by Crippen LogP contribution is -2.19. The number of rotatable bonds is 7. The van der Waals surface area contributed by atoms with Gasteiger partial charge in [-0.05, 0) is 68.3 Å². The first-order valence-electron chi connectivity index (χ1n) is 6.91. The number of halogens is 1. The fourth-order valence-corrected chi connectivity index (χ4v) is 2.21. The molecule has 1 aromatic carbocycles. The second-order valence-corrected chi connectivity index (χ2v) is 5.11. The summed E-state index contributed by atoms with van der Waals surface area (Å²) in [4.78, 5) is 0. The molecule has 0 aliphatic heterocycles. The number of hydrogen-bond acceptors (Lipinski definition) is 2. The van der Waals surface area contributed by atoms with E-state index in [1.807, 2.05) is 0 Å². The van der Waals surface area contributed by atoms with Gasteiger partial charge in [0.25, 0.3) is 0 Å². The van der Waals surface area contributed by atoms with Gasteiger partial charge < -0.3 is 10.5 Å². The zero-order valence-corrected chi connectivity index (χ0v) is 10.8. The van der Waals surface area contributed by atoms with Crippen LogP contribution in [0.4, 0.5) is 4.39 Å². The van der Waals surface area contributed by atoms with Gasteiger partial charge in [-0.25, -0.2) is 4.39 Å². The van der Waals surface area contributed by atoms with Crippen molar-refractivity contribution in [3.63, 3.8) is 0 Å². The molecular weight excluding hydrogens is 229 g/mol. The highest BCUT2D eigenvalue weighted by Gasteiger charge is 2.18. The molecule has 100 valence electrons. The molecule has 18 heavy (non-hydrogen) atoms. The van der Waals surface area contributed by atoms with Crippen LogP contribution in [0, 0.1) is 11.7 Å². The monoisotopic (exact) mass is 251 g/mol. The Labute approximate surface area is 108 Å². The molecule has 2 nitrogen and oxygen atoms in total.